The first-order valence-corrected chi connectivity index (χ1v) is 16.5. The van der Waals surface area contributed by atoms with Crippen LogP contribution in [-0.2, 0) is 27.8 Å². The van der Waals surface area contributed by atoms with E-state index in [0.29, 0.717) is 47.2 Å². The van der Waals surface area contributed by atoms with Crippen LogP contribution in [0.1, 0.15) is 40.2 Å². The lowest BCUT2D eigenvalue weighted by molar-refractivity contribution is 0.0964. The highest BCUT2D eigenvalue weighted by molar-refractivity contribution is 7.92. The van der Waals surface area contributed by atoms with Crippen LogP contribution in [0.4, 0.5) is 10.1 Å². The standard InChI is InChI=1S/C30H32FN3O5S2/c1-32-30(35)28-25-17-24(22-9-6-15-34(19-22)41(37,38)16-14-20-7-4-3-5-8-20)26(33-40(2)36)18-27(25)39-29(28)21-10-12-23(31)13-11-21/h3-5,7-8,10-13,17-18,22,33H,6,9,14-16,19H2,1-2H3,(H,32,35)/t22-,40?/m0/s1. The van der Waals surface area contributed by atoms with Crippen LogP contribution in [0.5, 0.6) is 0 Å². The van der Waals surface area contributed by atoms with Gasteiger partial charge in [-0.25, -0.2) is 21.8 Å². The predicted octanol–water partition coefficient (Wildman–Crippen LogP) is 5.06. The number of nitrogens with zero attached hydrogens (tertiary/aromatic N) is 1. The van der Waals surface area contributed by atoms with Crippen molar-refractivity contribution in [1.29, 1.82) is 0 Å². The van der Waals surface area contributed by atoms with Gasteiger partial charge in [0.05, 0.1) is 28.4 Å². The third-order valence-corrected chi connectivity index (χ3v) is 9.73. The van der Waals surface area contributed by atoms with E-state index in [2.05, 4.69) is 10.0 Å². The number of aryl methyl sites for hydroxylation is 1. The van der Waals surface area contributed by atoms with Gasteiger partial charge in [0.1, 0.15) is 23.4 Å². The third-order valence-electron chi connectivity index (χ3n) is 7.38. The topological polar surface area (TPSA) is 115 Å². The maximum absolute atomic E-state index is 13.6. The van der Waals surface area contributed by atoms with E-state index in [4.69, 9.17) is 4.42 Å². The smallest absolute Gasteiger partial charge is 0.255 e. The summed E-state index contributed by atoms with van der Waals surface area (Å²) in [5.41, 5.74) is 3.49. The van der Waals surface area contributed by atoms with Crippen LogP contribution in [0.2, 0.25) is 0 Å². The van der Waals surface area contributed by atoms with Crippen LogP contribution >= 0.6 is 0 Å². The highest BCUT2D eigenvalue weighted by Crippen LogP contribution is 2.41. The van der Waals surface area contributed by atoms with Gasteiger partial charge in [0.15, 0.2) is 0 Å². The van der Waals surface area contributed by atoms with E-state index in [9.17, 15) is 22.2 Å². The molecule has 0 bridgehead atoms. The summed E-state index contributed by atoms with van der Waals surface area (Å²) in [6.07, 6.45) is 3.32. The number of carbonyl (C=O) groups excluding carboxylic acids is 1. The molecule has 41 heavy (non-hydrogen) atoms. The summed E-state index contributed by atoms with van der Waals surface area (Å²) >= 11 is -1.42. The largest absolute Gasteiger partial charge is 0.593 e. The number of piperidine rings is 1. The highest BCUT2D eigenvalue weighted by Gasteiger charge is 2.32. The van der Waals surface area contributed by atoms with Crippen molar-refractivity contribution in [3.63, 3.8) is 0 Å². The molecule has 1 saturated heterocycles. The van der Waals surface area contributed by atoms with Crippen molar-refractivity contribution in [2.75, 3.05) is 36.9 Å². The molecule has 1 unspecified atom stereocenters. The molecule has 1 aromatic heterocycles. The number of rotatable bonds is 9. The molecule has 0 spiro atoms. The summed E-state index contributed by atoms with van der Waals surface area (Å²) in [4.78, 5) is 13.1. The van der Waals surface area contributed by atoms with Crippen LogP contribution in [0.25, 0.3) is 22.3 Å². The molecule has 8 nitrogen and oxygen atoms in total. The van der Waals surface area contributed by atoms with Crippen molar-refractivity contribution in [2.24, 2.45) is 0 Å². The predicted molar refractivity (Wildman–Crippen MR) is 160 cm³/mol. The molecule has 3 aromatic carbocycles. The Kier molecular flexibility index (Phi) is 8.69. The molecule has 0 radical (unpaired) electrons. The fraction of sp³-hybridized carbons (Fsp3) is 0.300. The normalized spacial score (nSPS) is 16.9. The quantitative estimate of drug-likeness (QED) is 0.261. The molecule has 2 heterocycles. The first kappa shape index (κ1) is 29.1. The van der Waals surface area contributed by atoms with Gasteiger partial charge in [0.2, 0.25) is 10.0 Å². The Morgan fingerprint density at radius 1 is 1.15 bits per heavy atom. The lowest BCUT2D eigenvalue weighted by atomic mass is 9.89. The molecule has 1 aliphatic rings. The molecule has 216 valence electrons. The lowest BCUT2D eigenvalue weighted by Crippen LogP contribution is -2.40. The Morgan fingerprint density at radius 2 is 1.88 bits per heavy atom. The van der Waals surface area contributed by atoms with Gasteiger partial charge in [0.25, 0.3) is 5.91 Å². The molecule has 0 aliphatic carbocycles. The lowest BCUT2D eigenvalue weighted by Gasteiger charge is -2.33. The van der Waals surface area contributed by atoms with E-state index < -0.39 is 27.2 Å². The van der Waals surface area contributed by atoms with E-state index >= 15 is 0 Å². The number of furan rings is 1. The zero-order valence-electron chi connectivity index (χ0n) is 22.9. The summed E-state index contributed by atoms with van der Waals surface area (Å²) in [5, 5.41) is 3.19. The number of benzene rings is 3. The molecular formula is C30H32FN3O5S2. The van der Waals surface area contributed by atoms with Gasteiger partial charge in [-0.05, 0) is 66.6 Å². The Hall–Kier alpha value is -3.38. The van der Waals surface area contributed by atoms with E-state index in [-0.39, 0.29) is 29.9 Å². The van der Waals surface area contributed by atoms with Gasteiger partial charge in [-0.1, -0.05) is 30.3 Å². The van der Waals surface area contributed by atoms with Crippen molar-refractivity contribution in [3.8, 4) is 11.3 Å². The van der Waals surface area contributed by atoms with Crippen molar-refractivity contribution in [1.82, 2.24) is 9.62 Å². The molecule has 11 heteroatoms. The molecule has 4 aromatic rings. The maximum atomic E-state index is 13.6. The summed E-state index contributed by atoms with van der Waals surface area (Å²) in [6.45, 7) is 0.702. The number of amides is 1. The van der Waals surface area contributed by atoms with Crippen molar-refractivity contribution >= 4 is 43.9 Å². The molecule has 0 saturated carbocycles. The van der Waals surface area contributed by atoms with E-state index in [1.54, 1.807) is 22.5 Å². The molecule has 1 aliphatic heterocycles. The number of fused-ring (bicyclic) bond motifs is 1. The Balaban J connectivity index is 1.53. The van der Waals surface area contributed by atoms with Gasteiger partial charge in [-0.3, -0.25) is 4.79 Å². The Morgan fingerprint density at radius 3 is 2.56 bits per heavy atom. The minimum atomic E-state index is -3.52. The van der Waals surface area contributed by atoms with Crippen molar-refractivity contribution < 1.29 is 26.6 Å². The first-order chi connectivity index (χ1) is 19.7. The van der Waals surface area contributed by atoms with Gasteiger partial charge < -0.3 is 14.3 Å². The van der Waals surface area contributed by atoms with Crippen LogP contribution in [0.3, 0.4) is 0 Å². The number of hydrogen-bond donors (Lipinski definition) is 2. The molecule has 2 atom stereocenters. The second-order valence-electron chi connectivity index (χ2n) is 10.1. The molecular weight excluding hydrogens is 565 g/mol. The number of anilines is 1. The molecule has 1 amide bonds. The average molecular weight is 598 g/mol. The SMILES string of the molecule is CNC(=O)c1c(-c2ccc(F)cc2)oc2cc(N[S+](C)[O-])c([C@H]3CCCN(S(=O)(=O)CCc4ccccc4)C3)cc12. The maximum Gasteiger partial charge on any atom is 0.255 e. The summed E-state index contributed by atoms with van der Waals surface area (Å²) in [5.74, 6) is -0.689. The van der Waals surface area contributed by atoms with Crippen LogP contribution < -0.4 is 10.0 Å². The number of halogens is 1. The van der Waals surface area contributed by atoms with E-state index in [1.807, 2.05) is 36.4 Å². The minimum Gasteiger partial charge on any atom is -0.593 e. The Bertz CT molecular complexity index is 1640. The number of nitrogens with one attached hydrogen (secondary N) is 2. The number of hydrogen-bond acceptors (Lipinski definition) is 6. The second-order valence-corrected chi connectivity index (χ2v) is 13.3. The Labute approximate surface area is 242 Å². The van der Waals surface area contributed by atoms with Crippen molar-refractivity contribution in [3.05, 3.63) is 89.2 Å². The second kappa shape index (κ2) is 12.2. The van der Waals surface area contributed by atoms with Crippen LogP contribution in [-0.4, -0.2) is 55.3 Å². The van der Waals surface area contributed by atoms with Gasteiger partial charge >= 0.3 is 0 Å². The highest BCUT2D eigenvalue weighted by atomic mass is 32.2. The molecule has 2 N–H and O–H groups in total. The first-order valence-electron chi connectivity index (χ1n) is 13.4. The van der Waals surface area contributed by atoms with Gasteiger partial charge in [-0.2, -0.15) is 0 Å². The summed E-state index contributed by atoms with van der Waals surface area (Å²) in [6, 6.07) is 18.7. The fourth-order valence-electron chi connectivity index (χ4n) is 5.37. The van der Waals surface area contributed by atoms with Gasteiger partial charge in [0, 0.05) is 37.2 Å². The van der Waals surface area contributed by atoms with Crippen molar-refractivity contribution in [2.45, 2.75) is 25.2 Å². The average Bonchev–Trinajstić information content (AvgIpc) is 3.34. The van der Waals surface area contributed by atoms with Crippen LogP contribution in [0.15, 0.2) is 71.1 Å². The molecule has 5 rings (SSSR count). The fourth-order valence-corrected chi connectivity index (χ4v) is 7.42. The summed E-state index contributed by atoms with van der Waals surface area (Å²) < 4.78 is 63.2. The zero-order valence-corrected chi connectivity index (χ0v) is 24.5. The number of carbonyl (C=O) groups is 1. The van der Waals surface area contributed by atoms with Gasteiger partial charge in [-0.15, -0.1) is 0 Å². The minimum absolute atomic E-state index is 0.0103. The zero-order chi connectivity index (χ0) is 29.1. The monoisotopic (exact) mass is 597 g/mol. The van der Waals surface area contributed by atoms with E-state index in [1.165, 1.54) is 25.4 Å². The molecule has 1 fully saturated rings. The van der Waals surface area contributed by atoms with Crippen LogP contribution in [0, 0.1) is 5.82 Å². The van der Waals surface area contributed by atoms with E-state index in [0.717, 1.165) is 17.5 Å². The third kappa shape index (κ3) is 6.43. The number of sulfonamides is 1. The summed E-state index contributed by atoms with van der Waals surface area (Å²) in [7, 11) is -2.00.